The molecule has 92 valence electrons. The van der Waals surface area contributed by atoms with E-state index in [0.717, 1.165) is 11.3 Å². The highest BCUT2D eigenvalue weighted by molar-refractivity contribution is 5.86. The van der Waals surface area contributed by atoms with Gasteiger partial charge < -0.3 is 10.4 Å². The van der Waals surface area contributed by atoms with Crippen LogP contribution in [-0.4, -0.2) is 21.0 Å². The van der Waals surface area contributed by atoms with Crippen LogP contribution in [0, 0.1) is 13.8 Å². The Hall–Kier alpha value is -2.43. The largest absolute Gasteiger partial charge is 0.478 e. The molecule has 18 heavy (non-hydrogen) atoms. The van der Waals surface area contributed by atoms with Crippen LogP contribution in [0.3, 0.4) is 0 Å². The summed E-state index contributed by atoms with van der Waals surface area (Å²) in [5, 5.41) is 11.8. The molecule has 2 rings (SSSR count). The van der Waals surface area contributed by atoms with E-state index in [-0.39, 0.29) is 5.56 Å². The molecule has 0 saturated carbocycles. The van der Waals surface area contributed by atoms with Gasteiger partial charge in [-0.1, -0.05) is 12.1 Å². The molecule has 1 aromatic carbocycles. The van der Waals surface area contributed by atoms with Gasteiger partial charge in [-0.3, -0.25) is 0 Å². The molecular weight excluding hydrogens is 230 g/mol. The molecule has 0 aliphatic rings. The van der Waals surface area contributed by atoms with Crippen LogP contribution in [-0.2, 0) is 0 Å². The fraction of sp³-hybridized carbons (Fsp3) is 0.154. The Bertz CT molecular complexity index is 579. The van der Waals surface area contributed by atoms with E-state index in [1.807, 2.05) is 32.0 Å². The summed E-state index contributed by atoms with van der Waals surface area (Å²) in [4.78, 5) is 18.6. The monoisotopic (exact) mass is 243 g/mol. The number of carboxylic acids is 1. The fourth-order valence-electron chi connectivity index (χ4n) is 1.51. The van der Waals surface area contributed by atoms with Gasteiger partial charge in [0.1, 0.15) is 0 Å². The Morgan fingerprint density at radius 1 is 1.22 bits per heavy atom. The van der Waals surface area contributed by atoms with Gasteiger partial charge in [0.15, 0.2) is 0 Å². The number of hydrogen-bond donors (Lipinski definition) is 2. The van der Waals surface area contributed by atoms with Crippen molar-refractivity contribution >= 4 is 17.6 Å². The molecule has 5 nitrogen and oxygen atoms in total. The van der Waals surface area contributed by atoms with E-state index in [1.54, 1.807) is 0 Å². The molecule has 1 aromatic heterocycles. The van der Waals surface area contributed by atoms with Crippen molar-refractivity contribution < 1.29 is 9.90 Å². The summed E-state index contributed by atoms with van der Waals surface area (Å²) in [5.74, 6) is -0.651. The van der Waals surface area contributed by atoms with Gasteiger partial charge >= 0.3 is 5.97 Å². The summed E-state index contributed by atoms with van der Waals surface area (Å²) in [7, 11) is 0. The van der Waals surface area contributed by atoms with Crippen molar-refractivity contribution in [1.29, 1.82) is 0 Å². The van der Waals surface area contributed by atoms with Crippen LogP contribution in [0.5, 0.6) is 0 Å². The van der Waals surface area contributed by atoms with E-state index in [0.29, 0.717) is 5.95 Å². The Labute approximate surface area is 105 Å². The van der Waals surface area contributed by atoms with Crippen LogP contribution in [0.4, 0.5) is 11.6 Å². The second kappa shape index (κ2) is 4.83. The van der Waals surface area contributed by atoms with Gasteiger partial charge in [-0.25, -0.2) is 14.8 Å². The van der Waals surface area contributed by atoms with E-state index >= 15 is 0 Å². The minimum Gasteiger partial charge on any atom is -0.478 e. The quantitative estimate of drug-likeness (QED) is 0.866. The molecule has 0 spiro atoms. The molecule has 0 amide bonds. The summed E-state index contributed by atoms with van der Waals surface area (Å²) >= 11 is 0. The minimum absolute atomic E-state index is 0.0708. The maximum atomic E-state index is 10.7. The summed E-state index contributed by atoms with van der Waals surface area (Å²) in [5.41, 5.74) is 3.27. The fourth-order valence-corrected chi connectivity index (χ4v) is 1.51. The van der Waals surface area contributed by atoms with Crippen molar-refractivity contribution in [1.82, 2.24) is 9.97 Å². The molecule has 0 aliphatic heterocycles. The highest BCUT2D eigenvalue weighted by Gasteiger charge is 2.06. The molecule has 0 unspecified atom stereocenters. The molecule has 0 radical (unpaired) electrons. The lowest BCUT2D eigenvalue weighted by Crippen LogP contribution is -2.03. The number of hydrogen-bond acceptors (Lipinski definition) is 4. The topological polar surface area (TPSA) is 75.1 Å². The Kier molecular flexibility index (Phi) is 3.23. The van der Waals surface area contributed by atoms with Crippen molar-refractivity contribution in [3.05, 3.63) is 47.3 Å². The standard InChI is InChI=1S/C13H13N3O2/c1-8-4-3-5-11(9(8)2)16-13-14-6-10(7-15-13)12(17)18/h3-7H,1-2H3,(H,17,18)(H,14,15,16). The molecule has 0 aliphatic carbocycles. The minimum atomic E-state index is -1.03. The number of aryl methyl sites for hydroxylation is 1. The van der Waals surface area contributed by atoms with Crippen LogP contribution in [0.25, 0.3) is 0 Å². The predicted molar refractivity (Wildman–Crippen MR) is 68.2 cm³/mol. The molecule has 0 atom stereocenters. The van der Waals surface area contributed by atoms with E-state index in [4.69, 9.17) is 5.11 Å². The van der Waals surface area contributed by atoms with E-state index in [9.17, 15) is 4.79 Å². The SMILES string of the molecule is Cc1cccc(Nc2ncc(C(=O)O)cn2)c1C. The molecule has 0 fully saturated rings. The number of anilines is 2. The smallest absolute Gasteiger partial charge is 0.338 e. The Morgan fingerprint density at radius 2 is 1.89 bits per heavy atom. The normalized spacial score (nSPS) is 10.1. The maximum Gasteiger partial charge on any atom is 0.338 e. The number of nitrogens with one attached hydrogen (secondary N) is 1. The number of aromatic nitrogens is 2. The van der Waals surface area contributed by atoms with E-state index < -0.39 is 5.97 Å². The van der Waals surface area contributed by atoms with Gasteiger partial charge in [0.2, 0.25) is 5.95 Å². The van der Waals surface area contributed by atoms with Crippen molar-refractivity contribution in [2.45, 2.75) is 13.8 Å². The third kappa shape index (κ3) is 2.45. The molecule has 5 heteroatoms. The van der Waals surface area contributed by atoms with Crippen molar-refractivity contribution in [3.8, 4) is 0 Å². The first-order valence-corrected chi connectivity index (χ1v) is 5.46. The number of carbonyl (C=O) groups is 1. The lowest BCUT2D eigenvalue weighted by molar-refractivity contribution is 0.0696. The zero-order valence-electron chi connectivity index (χ0n) is 10.1. The Balaban J connectivity index is 2.24. The molecule has 2 aromatic rings. The van der Waals surface area contributed by atoms with Crippen molar-refractivity contribution in [3.63, 3.8) is 0 Å². The van der Waals surface area contributed by atoms with Crippen molar-refractivity contribution in [2.24, 2.45) is 0 Å². The first-order chi connectivity index (χ1) is 8.58. The van der Waals surface area contributed by atoms with Gasteiger partial charge in [0.25, 0.3) is 0 Å². The average molecular weight is 243 g/mol. The zero-order valence-corrected chi connectivity index (χ0v) is 10.1. The first-order valence-electron chi connectivity index (χ1n) is 5.46. The third-order valence-electron chi connectivity index (χ3n) is 2.75. The summed E-state index contributed by atoms with van der Waals surface area (Å²) < 4.78 is 0. The number of benzene rings is 1. The molecule has 2 N–H and O–H groups in total. The van der Waals surface area contributed by atoms with Crippen LogP contribution in [0.15, 0.2) is 30.6 Å². The van der Waals surface area contributed by atoms with E-state index in [2.05, 4.69) is 15.3 Å². The molecule has 0 bridgehead atoms. The number of carboxylic acid groups (broad SMARTS) is 1. The second-order valence-corrected chi connectivity index (χ2v) is 3.97. The van der Waals surface area contributed by atoms with Gasteiger partial charge in [-0.15, -0.1) is 0 Å². The van der Waals surface area contributed by atoms with E-state index in [1.165, 1.54) is 18.0 Å². The number of rotatable bonds is 3. The summed E-state index contributed by atoms with van der Waals surface area (Å²) in [6, 6.07) is 5.89. The highest BCUT2D eigenvalue weighted by atomic mass is 16.4. The highest BCUT2D eigenvalue weighted by Crippen LogP contribution is 2.20. The predicted octanol–water partition coefficient (Wildman–Crippen LogP) is 2.54. The summed E-state index contributed by atoms with van der Waals surface area (Å²) in [6.07, 6.45) is 2.56. The van der Waals surface area contributed by atoms with Gasteiger partial charge in [-0.05, 0) is 31.0 Å². The van der Waals surface area contributed by atoms with Gasteiger partial charge in [-0.2, -0.15) is 0 Å². The van der Waals surface area contributed by atoms with Crippen LogP contribution in [0.2, 0.25) is 0 Å². The van der Waals surface area contributed by atoms with Gasteiger partial charge in [0, 0.05) is 18.1 Å². The lowest BCUT2D eigenvalue weighted by atomic mass is 10.1. The maximum absolute atomic E-state index is 10.7. The summed E-state index contributed by atoms with van der Waals surface area (Å²) in [6.45, 7) is 4.03. The van der Waals surface area contributed by atoms with Crippen LogP contribution >= 0.6 is 0 Å². The lowest BCUT2D eigenvalue weighted by Gasteiger charge is -2.09. The molecular formula is C13H13N3O2. The Morgan fingerprint density at radius 3 is 2.50 bits per heavy atom. The van der Waals surface area contributed by atoms with Crippen molar-refractivity contribution in [2.75, 3.05) is 5.32 Å². The second-order valence-electron chi connectivity index (χ2n) is 3.97. The molecule has 0 saturated heterocycles. The third-order valence-corrected chi connectivity index (χ3v) is 2.75. The zero-order chi connectivity index (χ0) is 13.1. The number of nitrogens with zero attached hydrogens (tertiary/aromatic N) is 2. The van der Waals surface area contributed by atoms with Crippen LogP contribution < -0.4 is 5.32 Å². The number of aromatic carboxylic acids is 1. The first kappa shape index (κ1) is 12.0. The molecule has 1 heterocycles. The van der Waals surface area contributed by atoms with Crippen LogP contribution in [0.1, 0.15) is 21.5 Å². The van der Waals surface area contributed by atoms with Gasteiger partial charge in [0.05, 0.1) is 5.56 Å². The average Bonchev–Trinajstić information content (AvgIpc) is 2.36.